The number of piperidine rings is 1. The van der Waals surface area contributed by atoms with Gasteiger partial charge in [-0.1, -0.05) is 24.6 Å². The average molecular weight is 451 g/mol. The molecule has 1 aliphatic carbocycles. The highest BCUT2D eigenvalue weighted by atomic mass is 16.2. The molecule has 1 saturated carbocycles. The molecule has 8 heteroatoms. The number of aromatic amines is 1. The predicted octanol–water partition coefficient (Wildman–Crippen LogP) is 2.01. The highest BCUT2D eigenvalue weighted by molar-refractivity contribution is 6.01. The summed E-state index contributed by atoms with van der Waals surface area (Å²) in [5.74, 6) is -0.412. The number of amides is 3. The van der Waals surface area contributed by atoms with Gasteiger partial charge in [0.05, 0.1) is 6.04 Å². The Morgan fingerprint density at radius 1 is 1.18 bits per heavy atom. The van der Waals surface area contributed by atoms with E-state index in [2.05, 4.69) is 15.6 Å². The van der Waals surface area contributed by atoms with Gasteiger partial charge in [-0.25, -0.2) is 0 Å². The van der Waals surface area contributed by atoms with Gasteiger partial charge < -0.3 is 25.3 Å². The molecule has 33 heavy (non-hydrogen) atoms. The van der Waals surface area contributed by atoms with Crippen LogP contribution in [0.1, 0.15) is 49.0 Å². The zero-order chi connectivity index (χ0) is 22.9. The van der Waals surface area contributed by atoms with Gasteiger partial charge in [-0.3, -0.25) is 14.4 Å². The van der Waals surface area contributed by atoms with Crippen LogP contribution in [0.3, 0.4) is 0 Å². The number of fused-ring (bicyclic) bond motifs is 2. The van der Waals surface area contributed by atoms with Gasteiger partial charge in [-0.05, 0) is 56.1 Å². The van der Waals surface area contributed by atoms with Crippen molar-refractivity contribution in [1.29, 1.82) is 0 Å². The van der Waals surface area contributed by atoms with Gasteiger partial charge in [0.2, 0.25) is 11.8 Å². The van der Waals surface area contributed by atoms with Crippen LogP contribution in [0, 0.1) is 17.8 Å². The summed E-state index contributed by atoms with van der Waals surface area (Å²) in [5.41, 5.74) is 1.35. The smallest absolute Gasteiger partial charge is 0.271 e. The maximum Gasteiger partial charge on any atom is 0.271 e. The minimum Gasteiger partial charge on any atom is -0.356 e. The molecule has 174 valence electrons. The number of nitrogens with zero attached hydrogens (tertiary/aromatic N) is 1. The van der Waals surface area contributed by atoms with Crippen molar-refractivity contribution >= 4 is 34.9 Å². The highest BCUT2D eigenvalue weighted by Crippen LogP contribution is 2.43. The molecule has 1 aromatic heterocycles. The van der Waals surface area contributed by atoms with Crippen LogP contribution < -0.4 is 10.6 Å². The maximum atomic E-state index is 13.5. The Bertz CT molecular complexity index is 1050. The molecule has 5 atom stereocenters. The summed E-state index contributed by atoms with van der Waals surface area (Å²) in [5, 5.41) is 6.64. The molecule has 8 nitrogen and oxygen atoms in total. The third-order valence-corrected chi connectivity index (χ3v) is 7.61. The number of benzene rings is 1. The van der Waals surface area contributed by atoms with Crippen molar-refractivity contribution in [1.82, 2.24) is 20.5 Å². The van der Waals surface area contributed by atoms with E-state index >= 15 is 0 Å². The first-order chi connectivity index (χ1) is 16.0. The van der Waals surface area contributed by atoms with Gasteiger partial charge >= 0.3 is 0 Å². The van der Waals surface area contributed by atoms with Crippen LogP contribution >= 0.6 is 0 Å². The van der Waals surface area contributed by atoms with Crippen LogP contribution in [0.2, 0.25) is 0 Å². The molecule has 3 N–H and O–H groups in total. The molecule has 1 aromatic carbocycles. The lowest BCUT2D eigenvalue weighted by Gasteiger charge is -2.29. The number of aromatic nitrogens is 1. The topological polar surface area (TPSA) is 111 Å². The molecule has 5 rings (SSSR count). The predicted molar refractivity (Wildman–Crippen MR) is 122 cm³/mol. The second-order valence-corrected chi connectivity index (χ2v) is 9.64. The second-order valence-electron chi connectivity index (χ2n) is 9.64. The van der Waals surface area contributed by atoms with Crippen molar-refractivity contribution in [2.24, 2.45) is 17.8 Å². The average Bonchev–Trinajstić information content (AvgIpc) is 3.53. The zero-order valence-electron chi connectivity index (χ0n) is 18.6. The Morgan fingerprint density at radius 3 is 2.82 bits per heavy atom. The summed E-state index contributed by atoms with van der Waals surface area (Å²) < 4.78 is 0. The lowest BCUT2D eigenvalue weighted by atomic mass is 9.91. The van der Waals surface area contributed by atoms with Crippen molar-refractivity contribution in [3.05, 3.63) is 36.0 Å². The van der Waals surface area contributed by atoms with Gasteiger partial charge in [0, 0.05) is 29.9 Å². The fourth-order valence-electron chi connectivity index (χ4n) is 5.98. The summed E-state index contributed by atoms with van der Waals surface area (Å²) >= 11 is 0. The Balaban J connectivity index is 1.34. The molecule has 3 fully saturated rings. The van der Waals surface area contributed by atoms with E-state index in [4.69, 9.17) is 0 Å². The number of nitrogens with one attached hydrogen (secondary N) is 3. The number of likely N-dealkylation sites (tertiary alicyclic amines) is 1. The number of carbonyl (C=O) groups excluding carboxylic acids is 4. The van der Waals surface area contributed by atoms with Crippen LogP contribution in [0.25, 0.3) is 10.9 Å². The van der Waals surface area contributed by atoms with E-state index in [1.54, 1.807) is 4.90 Å². The number of hydrogen-bond acceptors (Lipinski definition) is 4. The molecule has 3 amide bonds. The first-order valence-corrected chi connectivity index (χ1v) is 12.0. The van der Waals surface area contributed by atoms with E-state index < -0.39 is 12.1 Å². The van der Waals surface area contributed by atoms with Crippen molar-refractivity contribution in [2.45, 2.75) is 50.6 Å². The van der Waals surface area contributed by atoms with Crippen molar-refractivity contribution in [3.63, 3.8) is 0 Å². The normalized spacial score (nSPS) is 27.8. The molecule has 2 saturated heterocycles. The highest BCUT2D eigenvalue weighted by Gasteiger charge is 2.50. The number of carbonyl (C=O) groups is 4. The molecular formula is C25H30N4O4. The fraction of sp³-hybridized carbons (Fsp3) is 0.520. The van der Waals surface area contributed by atoms with Gasteiger partial charge in [0.1, 0.15) is 18.0 Å². The molecule has 3 aliphatic rings. The van der Waals surface area contributed by atoms with E-state index in [1.165, 1.54) is 0 Å². The zero-order valence-corrected chi connectivity index (χ0v) is 18.6. The molecule has 3 heterocycles. The van der Waals surface area contributed by atoms with Crippen LogP contribution in [-0.2, 0) is 14.4 Å². The first-order valence-electron chi connectivity index (χ1n) is 12.0. The summed E-state index contributed by atoms with van der Waals surface area (Å²) in [4.78, 5) is 55.6. The van der Waals surface area contributed by atoms with Crippen molar-refractivity contribution in [2.75, 3.05) is 13.1 Å². The molecule has 0 bridgehead atoms. The SMILES string of the molecule is O=CC(CC1CCCNC1=O)NC(=O)C1C2CCCC2CN1C(=O)c1cc2ccccc2[nH]1. The van der Waals surface area contributed by atoms with Crippen LogP contribution in [0.4, 0.5) is 0 Å². The second kappa shape index (κ2) is 9.00. The summed E-state index contributed by atoms with van der Waals surface area (Å²) in [7, 11) is 0. The van der Waals surface area contributed by atoms with Gasteiger partial charge in [0.25, 0.3) is 5.91 Å². The summed E-state index contributed by atoms with van der Waals surface area (Å²) in [6.07, 6.45) is 5.54. The minimum atomic E-state index is -0.739. The number of rotatable bonds is 6. The lowest BCUT2D eigenvalue weighted by Crippen LogP contribution is -2.52. The summed E-state index contributed by atoms with van der Waals surface area (Å²) in [6.45, 7) is 1.21. The maximum absolute atomic E-state index is 13.5. The summed E-state index contributed by atoms with van der Waals surface area (Å²) in [6, 6.07) is 8.20. The molecule has 5 unspecified atom stereocenters. The number of para-hydroxylation sites is 1. The third kappa shape index (κ3) is 4.14. The first kappa shape index (κ1) is 21.7. The van der Waals surface area contributed by atoms with E-state index in [-0.39, 0.29) is 36.0 Å². The van der Waals surface area contributed by atoms with Gasteiger partial charge in [0.15, 0.2) is 0 Å². The van der Waals surface area contributed by atoms with Gasteiger partial charge in [-0.2, -0.15) is 0 Å². The van der Waals surface area contributed by atoms with E-state index in [9.17, 15) is 19.2 Å². The van der Waals surface area contributed by atoms with E-state index in [0.29, 0.717) is 37.4 Å². The Hall–Kier alpha value is -3.16. The molecule has 0 spiro atoms. The van der Waals surface area contributed by atoms with E-state index in [1.807, 2.05) is 30.3 Å². The van der Waals surface area contributed by atoms with Crippen LogP contribution in [0.15, 0.2) is 30.3 Å². The monoisotopic (exact) mass is 450 g/mol. The van der Waals surface area contributed by atoms with E-state index in [0.717, 1.165) is 36.6 Å². The quantitative estimate of drug-likeness (QED) is 0.585. The fourth-order valence-corrected chi connectivity index (χ4v) is 5.98. The van der Waals surface area contributed by atoms with Crippen molar-refractivity contribution < 1.29 is 19.2 Å². The van der Waals surface area contributed by atoms with Crippen LogP contribution in [-0.4, -0.2) is 59.1 Å². The Morgan fingerprint density at radius 2 is 2.03 bits per heavy atom. The Labute approximate surface area is 192 Å². The number of H-pyrrole nitrogens is 1. The van der Waals surface area contributed by atoms with Crippen molar-refractivity contribution in [3.8, 4) is 0 Å². The molecule has 2 aromatic rings. The van der Waals surface area contributed by atoms with Gasteiger partial charge in [-0.15, -0.1) is 0 Å². The lowest BCUT2D eigenvalue weighted by molar-refractivity contribution is -0.130. The minimum absolute atomic E-state index is 0.0605. The molecular weight excluding hydrogens is 420 g/mol. The largest absolute Gasteiger partial charge is 0.356 e. The Kier molecular flexibility index (Phi) is 5.91. The standard InChI is InChI=1S/C25H30N4O4/c30-14-18(11-16-7-4-10-26-23(16)31)27-24(32)22-19-8-3-6-17(19)13-29(22)25(33)21-12-15-5-1-2-9-20(15)28-21/h1-2,5,9,12,14,16-19,22,28H,3-4,6-8,10-11,13H2,(H,26,31)(H,27,32). The molecule has 2 aliphatic heterocycles. The molecule has 0 radical (unpaired) electrons. The number of hydrogen-bond donors (Lipinski definition) is 3. The number of aldehydes is 1. The third-order valence-electron chi connectivity index (χ3n) is 7.61. The van der Waals surface area contributed by atoms with Crippen LogP contribution in [0.5, 0.6) is 0 Å².